The van der Waals surface area contributed by atoms with Gasteiger partial charge in [-0.15, -0.1) is 0 Å². The molecule has 0 radical (unpaired) electrons. The van der Waals surface area contributed by atoms with Crippen molar-refractivity contribution in [3.05, 3.63) is 65.6 Å². The molecule has 1 aromatic heterocycles. The van der Waals surface area contributed by atoms with Gasteiger partial charge in [0.2, 0.25) is 0 Å². The summed E-state index contributed by atoms with van der Waals surface area (Å²) in [7, 11) is 1.69. The first-order valence-electron chi connectivity index (χ1n) is 10.3. The second-order valence-corrected chi connectivity index (χ2v) is 6.88. The quantitative estimate of drug-likeness (QED) is 0.762. The number of methoxy groups -OCH3 is 1. The third-order valence-corrected chi connectivity index (χ3v) is 5.42. The molecule has 2 atom stereocenters. The van der Waals surface area contributed by atoms with Crippen molar-refractivity contribution in [3.8, 4) is 6.07 Å². The summed E-state index contributed by atoms with van der Waals surface area (Å²) in [5.74, 6) is 1.17. The number of aromatic nitrogens is 1. The van der Waals surface area contributed by atoms with Crippen LogP contribution >= 0.6 is 0 Å². The van der Waals surface area contributed by atoms with Crippen LogP contribution in [0.3, 0.4) is 0 Å². The van der Waals surface area contributed by atoms with E-state index >= 15 is 0 Å². The predicted octanol–water partition coefficient (Wildman–Crippen LogP) is 4.61. The maximum Gasteiger partial charge on any atom is 0.114 e. The van der Waals surface area contributed by atoms with Gasteiger partial charge in [0.25, 0.3) is 0 Å². The molecule has 5 heteroatoms. The van der Waals surface area contributed by atoms with Gasteiger partial charge in [-0.25, -0.2) is 0 Å². The summed E-state index contributed by atoms with van der Waals surface area (Å²) < 4.78 is 10.9. The highest BCUT2D eigenvalue weighted by atomic mass is 16.5. The average Bonchev–Trinajstić information content (AvgIpc) is 2.81. The van der Waals surface area contributed by atoms with Crippen molar-refractivity contribution in [3.63, 3.8) is 0 Å². The van der Waals surface area contributed by atoms with Gasteiger partial charge in [-0.2, -0.15) is 5.26 Å². The summed E-state index contributed by atoms with van der Waals surface area (Å²) in [6, 6.07) is 10.6. The van der Waals surface area contributed by atoms with E-state index < -0.39 is 0 Å². The Kier molecular flexibility index (Phi) is 7.40. The van der Waals surface area contributed by atoms with Gasteiger partial charge in [-0.3, -0.25) is 9.88 Å². The monoisotopic (exact) mass is 391 g/mol. The average molecular weight is 392 g/mol. The van der Waals surface area contributed by atoms with Gasteiger partial charge in [0.1, 0.15) is 11.8 Å². The lowest BCUT2D eigenvalue weighted by molar-refractivity contribution is 0.00663. The van der Waals surface area contributed by atoms with Gasteiger partial charge in [0.15, 0.2) is 0 Å². The fraction of sp³-hybridized carbons (Fsp3) is 0.417. The fourth-order valence-electron chi connectivity index (χ4n) is 4.08. The molecule has 0 bridgehead atoms. The number of allylic oxidation sites excluding steroid dienone is 2. The highest BCUT2D eigenvalue weighted by molar-refractivity contribution is 5.85. The van der Waals surface area contributed by atoms with Crippen molar-refractivity contribution in [2.24, 2.45) is 5.92 Å². The van der Waals surface area contributed by atoms with Crippen LogP contribution in [0.25, 0.3) is 10.9 Å². The number of nitrogens with zero attached hydrogens (tertiary/aromatic N) is 3. The second kappa shape index (κ2) is 10.2. The molecule has 4 rings (SSSR count). The van der Waals surface area contributed by atoms with E-state index in [-0.39, 0.29) is 12.0 Å². The Morgan fingerprint density at radius 3 is 2.69 bits per heavy atom. The number of pyridine rings is 1. The highest BCUT2D eigenvalue weighted by Gasteiger charge is 2.32. The van der Waals surface area contributed by atoms with Gasteiger partial charge < -0.3 is 9.47 Å². The van der Waals surface area contributed by atoms with Gasteiger partial charge >= 0.3 is 0 Å². The van der Waals surface area contributed by atoms with E-state index in [9.17, 15) is 5.26 Å². The summed E-state index contributed by atoms with van der Waals surface area (Å²) in [5, 5.41) is 11.0. The molecule has 2 unspecified atom stereocenters. The van der Waals surface area contributed by atoms with E-state index in [2.05, 4.69) is 40.2 Å². The third-order valence-electron chi connectivity index (χ3n) is 5.42. The van der Waals surface area contributed by atoms with Gasteiger partial charge in [-0.05, 0) is 30.2 Å². The molecular weight excluding hydrogens is 362 g/mol. The van der Waals surface area contributed by atoms with E-state index in [0.29, 0.717) is 5.56 Å². The Morgan fingerprint density at radius 2 is 2.03 bits per heavy atom. The Hall–Kier alpha value is -2.68. The van der Waals surface area contributed by atoms with Crippen LogP contribution in [-0.2, 0) is 9.47 Å². The van der Waals surface area contributed by atoms with Crippen LogP contribution in [0.15, 0.2) is 54.4 Å². The normalized spacial score (nSPS) is 20.2. The Labute approximate surface area is 173 Å². The lowest BCUT2D eigenvalue weighted by Crippen LogP contribution is -2.42. The van der Waals surface area contributed by atoms with E-state index in [1.807, 2.05) is 32.1 Å². The van der Waals surface area contributed by atoms with Crippen LogP contribution < -0.4 is 0 Å². The number of fused-ring (bicyclic) bond motifs is 1. The molecule has 0 spiro atoms. The van der Waals surface area contributed by atoms with Crippen LogP contribution in [0.5, 0.6) is 0 Å². The molecule has 2 heterocycles. The molecule has 0 N–H and O–H groups in total. The number of benzene rings is 1. The van der Waals surface area contributed by atoms with E-state index in [0.717, 1.165) is 54.9 Å². The molecule has 2 aliphatic rings. The summed E-state index contributed by atoms with van der Waals surface area (Å²) in [4.78, 5) is 6.93. The van der Waals surface area contributed by atoms with Crippen molar-refractivity contribution < 1.29 is 9.47 Å². The minimum atomic E-state index is 0.112. The number of ether oxygens (including phenoxy) is 2. The molecular formula is C24H29N3O2. The molecule has 1 aliphatic heterocycles. The van der Waals surface area contributed by atoms with E-state index in [1.165, 1.54) is 0 Å². The number of rotatable bonds is 4. The molecule has 0 amide bonds. The van der Waals surface area contributed by atoms with Crippen molar-refractivity contribution >= 4 is 10.9 Å². The number of nitriles is 1. The van der Waals surface area contributed by atoms with Gasteiger partial charge in [0, 0.05) is 36.6 Å². The lowest BCUT2D eigenvalue weighted by Gasteiger charge is -2.39. The fourth-order valence-corrected chi connectivity index (χ4v) is 4.08. The van der Waals surface area contributed by atoms with Crippen molar-refractivity contribution in [2.45, 2.75) is 26.3 Å². The summed E-state index contributed by atoms with van der Waals surface area (Å²) in [6.07, 6.45) is 9.01. The molecule has 152 valence electrons. The zero-order chi connectivity index (χ0) is 20.6. The summed E-state index contributed by atoms with van der Waals surface area (Å²) >= 11 is 0. The van der Waals surface area contributed by atoms with Crippen LogP contribution in [-0.4, -0.2) is 43.3 Å². The van der Waals surface area contributed by atoms with Crippen molar-refractivity contribution in [1.29, 1.82) is 5.26 Å². The third kappa shape index (κ3) is 4.50. The van der Waals surface area contributed by atoms with Crippen LogP contribution in [0, 0.1) is 17.2 Å². The van der Waals surface area contributed by atoms with E-state index in [4.69, 9.17) is 9.47 Å². The zero-order valence-electron chi connectivity index (χ0n) is 17.5. The molecule has 1 saturated heterocycles. The molecule has 1 aliphatic carbocycles. The first kappa shape index (κ1) is 21.0. The summed E-state index contributed by atoms with van der Waals surface area (Å²) in [5.41, 5.74) is 2.51. The zero-order valence-corrected chi connectivity index (χ0v) is 17.5. The number of hydrogen-bond donors (Lipinski definition) is 0. The largest absolute Gasteiger partial charge is 0.497 e. The van der Waals surface area contributed by atoms with Gasteiger partial charge in [0.05, 0.1) is 31.4 Å². The number of hydrogen-bond acceptors (Lipinski definition) is 5. The molecule has 1 fully saturated rings. The topological polar surface area (TPSA) is 58.4 Å². The second-order valence-electron chi connectivity index (χ2n) is 6.88. The van der Waals surface area contributed by atoms with E-state index in [1.54, 1.807) is 13.3 Å². The van der Waals surface area contributed by atoms with Crippen LogP contribution in [0.2, 0.25) is 0 Å². The van der Waals surface area contributed by atoms with Crippen molar-refractivity contribution in [1.82, 2.24) is 9.88 Å². The summed E-state index contributed by atoms with van der Waals surface area (Å²) in [6.45, 7) is 7.17. The standard InChI is InChI=1S/C22H23N3O2.C2H6/c1-26-18-7-4-17(5-8-18)22(25-11-13-27-14-12-25)19-9-6-16-3-2-10-24-21(16)20(19)15-23;1-2/h2-4,6-10,17,22H,5,11-14H2,1H3;1-2H3. The SMILES string of the molecule is CC.COC1=CCC(C(c2ccc3cccnc3c2C#N)N2CCOCC2)C=C1. The Balaban J connectivity index is 0.00000117. The first-order valence-corrected chi connectivity index (χ1v) is 10.3. The Bertz CT molecular complexity index is 923. The molecule has 5 nitrogen and oxygen atoms in total. The molecule has 0 saturated carbocycles. The highest BCUT2D eigenvalue weighted by Crippen LogP contribution is 2.38. The molecule has 29 heavy (non-hydrogen) atoms. The van der Waals surface area contributed by atoms with Crippen LogP contribution in [0.4, 0.5) is 0 Å². The maximum absolute atomic E-state index is 9.96. The first-order chi connectivity index (χ1) is 14.3. The smallest absolute Gasteiger partial charge is 0.114 e. The Morgan fingerprint density at radius 1 is 1.24 bits per heavy atom. The van der Waals surface area contributed by atoms with Crippen LogP contribution in [0.1, 0.15) is 37.4 Å². The minimum Gasteiger partial charge on any atom is -0.497 e. The minimum absolute atomic E-state index is 0.112. The maximum atomic E-state index is 9.96. The number of morpholine rings is 1. The molecule has 2 aromatic rings. The lowest BCUT2D eigenvalue weighted by atomic mass is 9.83. The van der Waals surface area contributed by atoms with Gasteiger partial charge in [-0.1, -0.05) is 38.1 Å². The molecule has 1 aromatic carbocycles. The van der Waals surface area contributed by atoms with Crippen molar-refractivity contribution in [2.75, 3.05) is 33.4 Å². The predicted molar refractivity (Wildman–Crippen MR) is 115 cm³/mol.